The summed E-state index contributed by atoms with van der Waals surface area (Å²) in [4.78, 5) is 28.5. The van der Waals surface area contributed by atoms with E-state index < -0.39 is 11.6 Å². The first-order valence-electron chi connectivity index (χ1n) is 7.82. The molecule has 0 aliphatic rings. The van der Waals surface area contributed by atoms with Gasteiger partial charge in [0, 0.05) is 6.54 Å². The second-order valence-corrected chi connectivity index (χ2v) is 6.05. The van der Waals surface area contributed by atoms with E-state index in [9.17, 15) is 9.59 Å². The third-order valence-electron chi connectivity index (χ3n) is 2.82. The highest BCUT2D eigenvalue weighted by atomic mass is 16.6. The summed E-state index contributed by atoms with van der Waals surface area (Å²) in [7, 11) is 1.49. The van der Waals surface area contributed by atoms with E-state index in [-0.39, 0.29) is 12.4 Å². The lowest BCUT2D eigenvalue weighted by Gasteiger charge is -2.20. The Morgan fingerprint density at radius 3 is 2.46 bits per heavy atom. The maximum Gasteiger partial charge on any atom is 0.338 e. The van der Waals surface area contributed by atoms with Gasteiger partial charge in [-0.1, -0.05) is 0 Å². The number of rotatable bonds is 8. The molecule has 7 nitrogen and oxygen atoms in total. The lowest BCUT2D eigenvalue weighted by Crippen LogP contribution is -2.24. The maximum absolute atomic E-state index is 12.2. The van der Waals surface area contributed by atoms with E-state index in [2.05, 4.69) is 10.8 Å². The minimum Gasteiger partial charge on any atom is -0.466 e. The molecule has 0 spiro atoms. The van der Waals surface area contributed by atoms with Crippen LogP contribution >= 0.6 is 0 Å². The van der Waals surface area contributed by atoms with Crippen molar-refractivity contribution < 1.29 is 23.9 Å². The molecule has 0 saturated heterocycles. The van der Waals surface area contributed by atoms with Crippen molar-refractivity contribution in [2.24, 2.45) is 0 Å². The molecule has 1 aromatic rings. The van der Waals surface area contributed by atoms with Gasteiger partial charge in [0.25, 0.3) is 0 Å². The molecule has 1 rings (SSSR count). The predicted octanol–water partition coefficient (Wildman–Crippen LogP) is 2.98. The van der Waals surface area contributed by atoms with Crippen LogP contribution in [0.5, 0.6) is 0 Å². The number of hydrogen-bond donors (Lipinski definition) is 2. The van der Waals surface area contributed by atoms with Crippen LogP contribution in [0.4, 0.5) is 11.4 Å². The molecule has 0 fully saturated rings. The largest absolute Gasteiger partial charge is 0.466 e. The Labute approximate surface area is 142 Å². The van der Waals surface area contributed by atoms with Crippen molar-refractivity contribution >= 4 is 23.3 Å². The third-order valence-corrected chi connectivity index (χ3v) is 2.82. The van der Waals surface area contributed by atoms with Gasteiger partial charge in [-0.15, -0.1) is 0 Å². The van der Waals surface area contributed by atoms with Crippen molar-refractivity contribution in [3.05, 3.63) is 23.8 Å². The predicted molar refractivity (Wildman–Crippen MR) is 92.0 cm³/mol. The van der Waals surface area contributed by atoms with Crippen LogP contribution in [0.15, 0.2) is 18.2 Å². The summed E-state index contributed by atoms with van der Waals surface area (Å²) in [5.41, 5.74) is 3.84. The number of carbonyl (C=O) groups excluding carboxylic acids is 2. The van der Waals surface area contributed by atoms with Crippen molar-refractivity contribution in [2.45, 2.75) is 39.7 Å². The molecule has 0 atom stereocenters. The molecule has 2 N–H and O–H groups in total. The average Bonchev–Trinajstić information content (AvgIpc) is 2.47. The second-order valence-electron chi connectivity index (χ2n) is 6.05. The van der Waals surface area contributed by atoms with Gasteiger partial charge in [0.1, 0.15) is 5.60 Å². The number of ether oxygens (including phenoxy) is 2. The summed E-state index contributed by atoms with van der Waals surface area (Å²) >= 11 is 0. The van der Waals surface area contributed by atoms with E-state index in [1.807, 2.05) is 20.8 Å². The zero-order valence-electron chi connectivity index (χ0n) is 14.9. The molecular formula is C17H26N2O5. The van der Waals surface area contributed by atoms with Gasteiger partial charge in [-0.25, -0.2) is 4.79 Å². The smallest absolute Gasteiger partial charge is 0.338 e. The van der Waals surface area contributed by atoms with Crippen molar-refractivity contribution in [2.75, 3.05) is 31.1 Å². The van der Waals surface area contributed by atoms with E-state index in [1.165, 1.54) is 7.11 Å². The summed E-state index contributed by atoms with van der Waals surface area (Å²) < 4.78 is 10.2. The molecule has 0 aliphatic heterocycles. The first kappa shape index (κ1) is 19.8. The Morgan fingerprint density at radius 2 is 1.88 bits per heavy atom. The first-order chi connectivity index (χ1) is 11.3. The normalized spacial score (nSPS) is 10.9. The van der Waals surface area contributed by atoms with Crippen molar-refractivity contribution in [3.8, 4) is 0 Å². The molecule has 7 heteroatoms. The van der Waals surface area contributed by atoms with Gasteiger partial charge in [0.15, 0.2) is 0 Å². The quantitative estimate of drug-likeness (QED) is 0.556. The standard InChI is InChI=1S/C17H26N2O5/c1-6-23-15(20)9-10-18-14-11-12(7-8-13(14)19-22-5)16(21)24-17(2,3)4/h7-8,11,18-19H,6,9-10H2,1-5H3. The lowest BCUT2D eigenvalue weighted by atomic mass is 10.1. The minimum absolute atomic E-state index is 0.219. The molecule has 24 heavy (non-hydrogen) atoms. The van der Waals surface area contributed by atoms with Gasteiger partial charge in [0.05, 0.1) is 37.1 Å². The Hall–Kier alpha value is -2.28. The number of benzene rings is 1. The van der Waals surface area contributed by atoms with Crippen LogP contribution < -0.4 is 10.8 Å². The number of carbonyl (C=O) groups is 2. The molecule has 0 bridgehead atoms. The van der Waals surface area contributed by atoms with Gasteiger partial charge >= 0.3 is 11.9 Å². The molecule has 0 saturated carbocycles. The summed E-state index contributed by atoms with van der Waals surface area (Å²) in [6.45, 7) is 7.91. The topological polar surface area (TPSA) is 85.9 Å². The number of anilines is 2. The van der Waals surface area contributed by atoms with Crippen molar-refractivity contribution in [3.63, 3.8) is 0 Å². The number of hydrogen-bond acceptors (Lipinski definition) is 7. The SMILES string of the molecule is CCOC(=O)CCNc1cc(C(=O)OC(C)(C)C)ccc1NOC. The fraction of sp³-hybridized carbons (Fsp3) is 0.529. The van der Waals surface area contributed by atoms with Crippen molar-refractivity contribution in [1.82, 2.24) is 0 Å². The number of esters is 2. The highest BCUT2D eigenvalue weighted by Crippen LogP contribution is 2.24. The third kappa shape index (κ3) is 6.87. The molecule has 0 aromatic heterocycles. The highest BCUT2D eigenvalue weighted by molar-refractivity contribution is 5.92. The average molecular weight is 338 g/mol. The molecule has 134 valence electrons. The van der Waals surface area contributed by atoms with Crippen LogP contribution in [0, 0.1) is 0 Å². The minimum atomic E-state index is -0.571. The van der Waals surface area contributed by atoms with Gasteiger partial charge in [0.2, 0.25) is 0 Å². The van der Waals surface area contributed by atoms with Gasteiger partial charge in [-0.2, -0.15) is 0 Å². The van der Waals surface area contributed by atoms with Gasteiger partial charge < -0.3 is 14.8 Å². The number of nitrogens with one attached hydrogen (secondary N) is 2. The van der Waals surface area contributed by atoms with Gasteiger partial charge in [-0.05, 0) is 45.9 Å². The van der Waals surface area contributed by atoms with Crippen LogP contribution in [0.25, 0.3) is 0 Å². The molecular weight excluding hydrogens is 312 g/mol. The van der Waals surface area contributed by atoms with E-state index in [1.54, 1.807) is 25.1 Å². The summed E-state index contributed by atoms with van der Waals surface area (Å²) in [6.07, 6.45) is 0.219. The van der Waals surface area contributed by atoms with E-state index >= 15 is 0 Å². The van der Waals surface area contributed by atoms with Gasteiger partial charge in [-0.3, -0.25) is 15.1 Å². The zero-order chi connectivity index (χ0) is 18.2. The van der Waals surface area contributed by atoms with E-state index in [0.717, 1.165) is 0 Å². The first-order valence-corrected chi connectivity index (χ1v) is 7.82. The molecule has 0 amide bonds. The summed E-state index contributed by atoms with van der Waals surface area (Å²) in [5, 5.41) is 3.09. The van der Waals surface area contributed by atoms with Crippen LogP contribution in [-0.2, 0) is 19.1 Å². The van der Waals surface area contributed by atoms with Crippen LogP contribution in [0.1, 0.15) is 44.5 Å². The maximum atomic E-state index is 12.2. The lowest BCUT2D eigenvalue weighted by molar-refractivity contribution is -0.142. The van der Waals surface area contributed by atoms with Crippen LogP contribution in [0.2, 0.25) is 0 Å². The van der Waals surface area contributed by atoms with E-state index in [4.69, 9.17) is 14.3 Å². The summed E-state index contributed by atoms with van der Waals surface area (Å²) in [6, 6.07) is 5.00. The molecule has 0 aliphatic carbocycles. The molecule has 1 aromatic carbocycles. The highest BCUT2D eigenvalue weighted by Gasteiger charge is 2.19. The van der Waals surface area contributed by atoms with Crippen LogP contribution in [0.3, 0.4) is 0 Å². The monoisotopic (exact) mass is 338 g/mol. The van der Waals surface area contributed by atoms with Crippen molar-refractivity contribution in [1.29, 1.82) is 0 Å². The fourth-order valence-electron chi connectivity index (χ4n) is 1.89. The molecule has 0 unspecified atom stereocenters. The van der Waals surface area contributed by atoms with E-state index in [0.29, 0.717) is 30.1 Å². The molecule has 0 radical (unpaired) electrons. The fourth-order valence-corrected chi connectivity index (χ4v) is 1.89. The Bertz CT molecular complexity index is 567. The Balaban J connectivity index is 2.84. The Morgan fingerprint density at radius 1 is 1.17 bits per heavy atom. The summed E-state index contributed by atoms with van der Waals surface area (Å²) in [5.74, 6) is -0.700. The molecule has 0 heterocycles. The zero-order valence-corrected chi connectivity index (χ0v) is 14.9. The Kier molecular flexibility index (Phi) is 7.51. The van der Waals surface area contributed by atoms with Crippen LogP contribution in [-0.4, -0.2) is 37.8 Å². The second kappa shape index (κ2) is 9.12.